The Morgan fingerprint density at radius 1 is 1.35 bits per heavy atom. The molecule has 0 unspecified atom stereocenters. The van der Waals surface area contributed by atoms with Crippen molar-refractivity contribution in [3.05, 3.63) is 61.8 Å². The minimum Gasteiger partial charge on any atom is -0.352 e. The van der Waals surface area contributed by atoms with Gasteiger partial charge in [-0.25, -0.2) is 0 Å². The summed E-state index contributed by atoms with van der Waals surface area (Å²) in [6, 6.07) is 8.75. The topological polar surface area (TPSA) is 75.5 Å². The van der Waals surface area contributed by atoms with Crippen LogP contribution in [0.1, 0.15) is 33.6 Å². The predicted molar refractivity (Wildman–Crippen MR) is 102 cm³/mol. The smallest absolute Gasteiger partial charge is 0.272 e. The van der Waals surface area contributed by atoms with Crippen LogP contribution in [0.4, 0.5) is 5.69 Å². The molecule has 1 aliphatic rings. The van der Waals surface area contributed by atoms with E-state index in [1.54, 1.807) is 24.3 Å². The van der Waals surface area contributed by atoms with Crippen molar-refractivity contribution in [1.29, 1.82) is 0 Å². The van der Waals surface area contributed by atoms with Gasteiger partial charge in [-0.05, 0) is 62.4 Å². The molecule has 26 heavy (non-hydrogen) atoms. The number of carbonyl (C=O) groups is 1. The molecule has 0 spiro atoms. The molecule has 1 fully saturated rings. The fourth-order valence-corrected chi connectivity index (χ4v) is 4.06. The number of thiophene rings is 1. The maximum Gasteiger partial charge on any atom is 0.272 e. The number of rotatable bonds is 6. The quantitative estimate of drug-likeness (QED) is 0.620. The highest BCUT2D eigenvalue weighted by molar-refractivity contribution is 7.09. The van der Waals surface area contributed by atoms with E-state index in [2.05, 4.69) is 27.7 Å². The Bertz CT molecular complexity index is 768. The first-order chi connectivity index (χ1) is 12.5. The molecule has 3 rings (SSSR count). The number of nitrogens with zero attached hydrogens (tertiary/aromatic N) is 2. The van der Waals surface area contributed by atoms with Gasteiger partial charge in [0.1, 0.15) is 0 Å². The van der Waals surface area contributed by atoms with Crippen LogP contribution >= 0.6 is 11.3 Å². The highest BCUT2D eigenvalue weighted by atomic mass is 32.1. The van der Waals surface area contributed by atoms with Crippen LogP contribution in [0.3, 0.4) is 0 Å². The first kappa shape index (κ1) is 18.5. The maximum atomic E-state index is 12.3. The lowest BCUT2D eigenvalue weighted by Crippen LogP contribution is -2.38. The molecule has 0 atom stereocenters. The summed E-state index contributed by atoms with van der Waals surface area (Å²) in [6.45, 7) is 5.42. The molecule has 1 aromatic heterocycles. The van der Waals surface area contributed by atoms with Gasteiger partial charge in [0.2, 0.25) is 0 Å². The van der Waals surface area contributed by atoms with Crippen LogP contribution in [-0.4, -0.2) is 35.4 Å². The number of nitro groups is 1. The Hall–Kier alpha value is -2.25. The summed E-state index contributed by atoms with van der Waals surface area (Å²) < 4.78 is 0. The zero-order valence-corrected chi connectivity index (χ0v) is 15.6. The van der Waals surface area contributed by atoms with Gasteiger partial charge in [0, 0.05) is 35.2 Å². The lowest BCUT2D eigenvalue weighted by atomic mass is 9.96. The molecular formula is C19H23N3O3S. The lowest BCUT2D eigenvalue weighted by molar-refractivity contribution is -0.385. The summed E-state index contributed by atoms with van der Waals surface area (Å²) in [5.41, 5.74) is 1.02. The van der Waals surface area contributed by atoms with Gasteiger partial charge in [0.05, 0.1) is 4.92 Å². The Balaban J connectivity index is 1.45. The average molecular weight is 373 g/mol. The zero-order valence-electron chi connectivity index (χ0n) is 14.8. The Labute approximate surface area is 157 Å². The van der Waals surface area contributed by atoms with Crippen molar-refractivity contribution in [1.82, 2.24) is 10.2 Å². The van der Waals surface area contributed by atoms with Crippen LogP contribution in [0.5, 0.6) is 0 Å². The maximum absolute atomic E-state index is 12.3. The summed E-state index contributed by atoms with van der Waals surface area (Å²) in [5.74, 6) is 0.321. The van der Waals surface area contributed by atoms with Gasteiger partial charge in [0.15, 0.2) is 0 Å². The second-order valence-corrected chi connectivity index (χ2v) is 7.80. The van der Waals surface area contributed by atoms with Crippen molar-refractivity contribution < 1.29 is 9.72 Å². The van der Waals surface area contributed by atoms with Gasteiger partial charge in [0.25, 0.3) is 11.6 Å². The third-order valence-corrected chi connectivity index (χ3v) is 5.73. The number of nitrogens with one attached hydrogen (secondary N) is 1. The normalized spacial score (nSPS) is 15.7. The second-order valence-electron chi connectivity index (χ2n) is 6.77. The molecular weight excluding hydrogens is 350 g/mol. The number of nitro benzene ring substituents is 1. The van der Waals surface area contributed by atoms with E-state index in [1.807, 2.05) is 0 Å². The van der Waals surface area contributed by atoms with Gasteiger partial charge >= 0.3 is 0 Å². The van der Waals surface area contributed by atoms with Crippen LogP contribution in [0, 0.1) is 23.0 Å². The van der Waals surface area contributed by atoms with Gasteiger partial charge in [-0.3, -0.25) is 19.8 Å². The largest absolute Gasteiger partial charge is 0.352 e. The van der Waals surface area contributed by atoms with E-state index in [0.717, 1.165) is 32.5 Å². The number of amides is 1. The fraction of sp³-hybridized carbons (Fsp3) is 0.421. The van der Waals surface area contributed by atoms with Crippen LogP contribution in [0.2, 0.25) is 0 Å². The molecule has 1 aromatic carbocycles. The molecule has 1 saturated heterocycles. The molecule has 0 aliphatic carbocycles. The van der Waals surface area contributed by atoms with Crippen molar-refractivity contribution in [3.63, 3.8) is 0 Å². The van der Waals surface area contributed by atoms with Crippen LogP contribution in [0.25, 0.3) is 0 Å². The highest BCUT2D eigenvalue weighted by Gasteiger charge is 2.20. The first-order valence-corrected chi connectivity index (χ1v) is 9.69. The minimum absolute atomic E-state index is 0.0414. The van der Waals surface area contributed by atoms with E-state index in [-0.39, 0.29) is 11.6 Å². The van der Waals surface area contributed by atoms with E-state index in [4.69, 9.17) is 0 Å². The lowest BCUT2D eigenvalue weighted by Gasteiger charge is -2.31. The van der Waals surface area contributed by atoms with Crippen molar-refractivity contribution in [3.8, 4) is 0 Å². The van der Waals surface area contributed by atoms with Crippen LogP contribution < -0.4 is 5.32 Å². The van der Waals surface area contributed by atoms with E-state index in [9.17, 15) is 14.9 Å². The number of benzene rings is 1. The standard InChI is InChI=1S/C19H23N3O3S/c1-14-11-16(4-5-18(14)22(24)25)19(23)20-12-15-6-8-21(9-7-15)13-17-3-2-10-26-17/h2-5,10-11,15H,6-9,12-13H2,1H3,(H,20,23). The Kier molecular flexibility index (Phi) is 6.00. The molecule has 1 aliphatic heterocycles. The molecule has 2 heterocycles. The number of hydrogen-bond acceptors (Lipinski definition) is 5. The van der Waals surface area contributed by atoms with E-state index >= 15 is 0 Å². The SMILES string of the molecule is Cc1cc(C(=O)NCC2CCN(Cc3cccs3)CC2)ccc1[N+](=O)[O-]. The molecule has 2 aromatic rings. The van der Waals surface area contributed by atoms with Crippen molar-refractivity contribution >= 4 is 22.9 Å². The summed E-state index contributed by atoms with van der Waals surface area (Å²) >= 11 is 1.79. The van der Waals surface area contributed by atoms with E-state index in [1.165, 1.54) is 17.0 Å². The fourth-order valence-electron chi connectivity index (χ4n) is 3.31. The van der Waals surface area contributed by atoms with Gasteiger partial charge < -0.3 is 5.32 Å². The highest BCUT2D eigenvalue weighted by Crippen LogP contribution is 2.21. The average Bonchev–Trinajstić information content (AvgIpc) is 3.13. The number of likely N-dealkylation sites (tertiary alicyclic amines) is 1. The number of piperidine rings is 1. The number of aryl methyl sites for hydroxylation is 1. The number of hydrogen-bond donors (Lipinski definition) is 1. The molecule has 0 radical (unpaired) electrons. The third kappa shape index (κ3) is 4.68. The monoisotopic (exact) mass is 373 g/mol. The van der Waals surface area contributed by atoms with Crippen molar-refractivity contribution in [2.75, 3.05) is 19.6 Å². The van der Waals surface area contributed by atoms with Crippen molar-refractivity contribution in [2.45, 2.75) is 26.3 Å². The number of carbonyl (C=O) groups excluding carboxylic acids is 1. The summed E-state index contributed by atoms with van der Waals surface area (Å²) in [6.07, 6.45) is 2.15. The molecule has 0 bridgehead atoms. The molecule has 0 saturated carbocycles. The van der Waals surface area contributed by atoms with Crippen molar-refractivity contribution in [2.24, 2.45) is 5.92 Å². The second kappa shape index (κ2) is 8.42. The predicted octanol–water partition coefficient (Wildman–Crippen LogP) is 3.61. The first-order valence-electron chi connectivity index (χ1n) is 8.81. The minimum atomic E-state index is -0.430. The molecule has 7 heteroatoms. The van der Waals surface area contributed by atoms with Gasteiger partial charge in [-0.2, -0.15) is 0 Å². The molecule has 1 amide bonds. The molecule has 6 nitrogen and oxygen atoms in total. The van der Waals surface area contributed by atoms with Gasteiger partial charge in [-0.1, -0.05) is 6.07 Å². The van der Waals surface area contributed by atoms with Crippen LogP contribution in [0.15, 0.2) is 35.7 Å². The summed E-state index contributed by atoms with van der Waals surface area (Å²) in [4.78, 5) is 26.6. The van der Waals surface area contributed by atoms with Crippen LogP contribution in [-0.2, 0) is 6.54 Å². The van der Waals surface area contributed by atoms with E-state index in [0.29, 0.717) is 23.6 Å². The summed E-state index contributed by atoms with van der Waals surface area (Å²) in [7, 11) is 0. The van der Waals surface area contributed by atoms with E-state index < -0.39 is 4.92 Å². The zero-order chi connectivity index (χ0) is 18.5. The third-order valence-electron chi connectivity index (χ3n) is 4.87. The summed E-state index contributed by atoms with van der Waals surface area (Å²) in [5, 5.41) is 16.0. The molecule has 138 valence electrons. The molecule has 1 N–H and O–H groups in total. The Morgan fingerprint density at radius 3 is 2.73 bits per heavy atom. The van der Waals surface area contributed by atoms with Gasteiger partial charge in [-0.15, -0.1) is 11.3 Å². The Morgan fingerprint density at radius 2 is 2.12 bits per heavy atom.